The van der Waals surface area contributed by atoms with E-state index in [1.165, 1.54) is 0 Å². The monoisotopic (exact) mass is 464 g/mol. The van der Waals surface area contributed by atoms with E-state index in [0.717, 1.165) is 35.7 Å². The number of pyridine rings is 1. The fraction of sp³-hybridized carbons (Fsp3) is 0.417. The molecule has 1 aromatic carbocycles. The molecule has 178 valence electrons. The third kappa shape index (κ3) is 4.75. The largest absolute Gasteiger partial charge is 0.493 e. The third-order valence-corrected chi connectivity index (χ3v) is 6.16. The highest BCUT2D eigenvalue weighted by molar-refractivity contribution is 5.74. The number of aromatic nitrogens is 3. The number of hydrogen-bond donors (Lipinski definition) is 1. The molecule has 3 heterocycles. The molecular formula is C24H28N6O4. The van der Waals surface area contributed by atoms with Gasteiger partial charge < -0.3 is 29.1 Å². The number of nitrogens with one attached hydrogen (secondary N) is 1. The van der Waals surface area contributed by atoms with E-state index in [4.69, 9.17) is 14.0 Å². The van der Waals surface area contributed by atoms with Gasteiger partial charge in [-0.2, -0.15) is 4.98 Å². The first-order valence-corrected chi connectivity index (χ1v) is 11.4. The van der Waals surface area contributed by atoms with Gasteiger partial charge in [-0.25, -0.2) is 9.78 Å². The van der Waals surface area contributed by atoms with Crippen LogP contribution in [0.1, 0.15) is 30.2 Å². The number of benzene rings is 1. The summed E-state index contributed by atoms with van der Waals surface area (Å²) in [4.78, 5) is 25.7. The van der Waals surface area contributed by atoms with E-state index in [2.05, 4.69) is 25.3 Å². The highest BCUT2D eigenvalue weighted by Gasteiger charge is 2.30. The number of carbonyl (C=O) groups excluding carboxylic acids is 1. The molecule has 1 N–H and O–H groups in total. The summed E-state index contributed by atoms with van der Waals surface area (Å²) in [6, 6.07) is 9.47. The zero-order valence-electron chi connectivity index (χ0n) is 19.4. The minimum Gasteiger partial charge on any atom is -0.493 e. The lowest BCUT2D eigenvalue weighted by molar-refractivity contribution is 0.194. The minimum absolute atomic E-state index is 0.0821. The van der Waals surface area contributed by atoms with E-state index in [1.807, 2.05) is 35.2 Å². The number of rotatable bonds is 7. The van der Waals surface area contributed by atoms with Crippen LogP contribution in [0.5, 0.6) is 11.5 Å². The van der Waals surface area contributed by atoms with Crippen molar-refractivity contribution in [3.05, 3.63) is 48.0 Å². The maximum absolute atomic E-state index is 12.6. The maximum Gasteiger partial charge on any atom is 0.317 e. The van der Waals surface area contributed by atoms with Gasteiger partial charge in [0.15, 0.2) is 11.5 Å². The van der Waals surface area contributed by atoms with E-state index in [1.54, 1.807) is 20.4 Å². The summed E-state index contributed by atoms with van der Waals surface area (Å²) in [5.41, 5.74) is 1.78. The standard InChI is InChI=1S/C24H28N6O4/c1-32-19-7-3-16(13-20(19)33-2)14-26-24(31)30-11-9-29(10-12-30)21-8-6-18(15-25-21)22-27-23(34-28-22)17-4-5-17/h3,6-8,13,15,17H,4-5,9-12,14H2,1-2H3,(H,26,31). The van der Waals surface area contributed by atoms with Gasteiger partial charge in [0.2, 0.25) is 11.7 Å². The van der Waals surface area contributed by atoms with Crippen LogP contribution in [0.2, 0.25) is 0 Å². The zero-order valence-corrected chi connectivity index (χ0v) is 19.4. The van der Waals surface area contributed by atoms with Crippen LogP contribution >= 0.6 is 0 Å². The summed E-state index contributed by atoms with van der Waals surface area (Å²) >= 11 is 0. The lowest BCUT2D eigenvalue weighted by Gasteiger charge is -2.35. The van der Waals surface area contributed by atoms with Crippen molar-refractivity contribution in [3.8, 4) is 22.9 Å². The number of ether oxygens (including phenoxy) is 2. The van der Waals surface area contributed by atoms with Crippen LogP contribution in [-0.4, -0.2) is 66.5 Å². The predicted molar refractivity (Wildman–Crippen MR) is 125 cm³/mol. The number of nitrogens with zero attached hydrogens (tertiary/aromatic N) is 5. The van der Waals surface area contributed by atoms with Crippen LogP contribution in [0.15, 0.2) is 41.1 Å². The molecule has 0 bridgehead atoms. The Labute approximate surface area is 197 Å². The highest BCUT2D eigenvalue weighted by atomic mass is 16.5. The molecule has 1 aliphatic heterocycles. The molecule has 0 radical (unpaired) electrons. The average Bonchev–Trinajstić information content (AvgIpc) is 3.63. The van der Waals surface area contributed by atoms with Gasteiger partial charge in [0.25, 0.3) is 0 Å². The molecule has 2 aliphatic rings. The van der Waals surface area contributed by atoms with E-state index in [0.29, 0.717) is 56.0 Å². The summed E-state index contributed by atoms with van der Waals surface area (Å²) in [7, 11) is 3.19. The van der Waals surface area contributed by atoms with Gasteiger partial charge in [-0.3, -0.25) is 0 Å². The number of amides is 2. The first-order valence-electron chi connectivity index (χ1n) is 11.4. The molecule has 2 amide bonds. The van der Waals surface area contributed by atoms with Crippen LogP contribution in [-0.2, 0) is 6.54 Å². The Morgan fingerprint density at radius 2 is 1.88 bits per heavy atom. The van der Waals surface area contributed by atoms with E-state index in [-0.39, 0.29) is 6.03 Å². The number of hydrogen-bond acceptors (Lipinski definition) is 8. The molecule has 10 nitrogen and oxygen atoms in total. The summed E-state index contributed by atoms with van der Waals surface area (Å²) in [6.45, 7) is 3.09. The van der Waals surface area contributed by atoms with Crippen LogP contribution < -0.4 is 19.7 Å². The molecule has 2 aromatic heterocycles. The lowest BCUT2D eigenvalue weighted by atomic mass is 10.2. The number of anilines is 1. The predicted octanol–water partition coefficient (Wildman–Crippen LogP) is 3.06. The molecule has 3 aromatic rings. The fourth-order valence-corrected chi connectivity index (χ4v) is 3.97. The molecule has 34 heavy (non-hydrogen) atoms. The summed E-state index contributed by atoms with van der Waals surface area (Å²) in [5, 5.41) is 7.06. The molecule has 2 fully saturated rings. The molecule has 0 unspecified atom stereocenters. The van der Waals surface area contributed by atoms with Gasteiger partial charge in [-0.05, 0) is 42.7 Å². The van der Waals surface area contributed by atoms with Gasteiger partial charge in [0, 0.05) is 50.4 Å². The summed E-state index contributed by atoms with van der Waals surface area (Å²) < 4.78 is 15.9. The average molecular weight is 465 g/mol. The SMILES string of the molecule is COc1ccc(CNC(=O)N2CCN(c3ccc(-c4noc(C5CC5)n4)cn3)CC2)cc1OC. The maximum atomic E-state index is 12.6. The molecule has 1 saturated carbocycles. The molecule has 1 saturated heterocycles. The van der Waals surface area contributed by atoms with Crippen molar-refractivity contribution < 1.29 is 18.8 Å². The Morgan fingerprint density at radius 3 is 2.56 bits per heavy atom. The Bertz CT molecular complexity index is 1140. The first kappa shape index (κ1) is 22.0. The van der Waals surface area contributed by atoms with E-state index >= 15 is 0 Å². The second-order valence-corrected chi connectivity index (χ2v) is 8.46. The topological polar surface area (TPSA) is 106 Å². The quantitative estimate of drug-likeness (QED) is 0.569. The van der Waals surface area contributed by atoms with Crippen LogP contribution in [0.25, 0.3) is 11.4 Å². The van der Waals surface area contributed by atoms with Crippen molar-refractivity contribution in [2.24, 2.45) is 0 Å². The Hall–Kier alpha value is -3.82. The molecular weight excluding hydrogens is 436 g/mol. The normalized spacial score (nSPS) is 15.8. The molecule has 10 heteroatoms. The second-order valence-electron chi connectivity index (χ2n) is 8.46. The number of carbonyl (C=O) groups is 1. The van der Waals surface area contributed by atoms with Gasteiger partial charge in [0.1, 0.15) is 5.82 Å². The number of urea groups is 1. The minimum atomic E-state index is -0.0821. The number of piperazine rings is 1. The number of methoxy groups -OCH3 is 2. The summed E-state index contributed by atoms with van der Waals surface area (Å²) in [6.07, 6.45) is 4.02. The molecule has 0 spiro atoms. The van der Waals surface area contributed by atoms with Crippen molar-refractivity contribution in [2.75, 3.05) is 45.3 Å². The second kappa shape index (κ2) is 9.58. The lowest BCUT2D eigenvalue weighted by Crippen LogP contribution is -2.51. The van der Waals surface area contributed by atoms with Crippen molar-refractivity contribution >= 4 is 11.8 Å². The fourth-order valence-electron chi connectivity index (χ4n) is 3.97. The smallest absolute Gasteiger partial charge is 0.317 e. The summed E-state index contributed by atoms with van der Waals surface area (Å²) in [5.74, 6) is 3.91. The van der Waals surface area contributed by atoms with Gasteiger partial charge in [0.05, 0.1) is 14.2 Å². The molecule has 0 atom stereocenters. The Balaban J connectivity index is 1.12. The van der Waals surface area contributed by atoms with Crippen molar-refractivity contribution in [1.82, 2.24) is 25.3 Å². The Kier molecular flexibility index (Phi) is 6.20. The van der Waals surface area contributed by atoms with Gasteiger partial charge in [-0.15, -0.1) is 0 Å². The van der Waals surface area contributed by atoms with Crippen LogP contribution in [0, 0.1) is 0 Å². The molecule has 1 aliphatic carbocycles. The van der Waals surface area contributed by atoms with Crippen molar-refractivity contribution in [3.63, 3.8) is 0 Å². The molecule has 5 rings (SSSR count). The van der Waals surface area contributed by atoms with E-state index in [9.17, 15) is 4.79 Å². The van der Waals surface area contributed by atoms with Crippen molar-refractivity contribution in [2.45, 2.75) is 25.3 Å². The van der Waals surface area contributed by atoms with Gasteiger partial charge in [-0.1, -0.05) is 11.2 Å². The van der Waals surface area contributed by atoms with Crippen LogP contribution in [0.3, 0.4) is 0 Å². The van der Waals surface area contributed by atoms with E-state index < -0.39 is 0 Å². The van der Waals surface area contributed by atoms with Gasteiger partial charge >= 0.3 is 6.03 Å². The Morgan fingerprint density at radius 1 is 1.09 bits per heavy atom. The first-order chi connectivity index (χ1) is 16.6. The van der Waals surface area contributed by atoms with Crippen LogP contribution in [0.4, 0.5) is 10.6 Å². The third-order valence-electron chi connectivity index (χ3n) is 6.16. The highest BCUT2D eigenvalue weighted by Crippen LogP contribution is 2.39. The van der Waals surface area contributed by atoms with Crippen molar-refractivity contribution in [1.29, 1.82) is 0 Å². The zero-order chi connectivity index (χ0) is 23.5.